The van der Waals surface area contributed by atoms with E-state index in [4.69, 9.17) is 9.78 Å². The van der Waals surface area contributed by atoms with E-state index < -0.39 is 0 Å². The molecule has 1 aromatic carbocycles. The Bertz CT molecular complexity index is 568. The predicted octanol–water partition coefficient (Wildman–Crippen LogP) is 1.71. The molecule has 0 aliphatic carbocycles. The van der Waals surface area contributed by atoms with Crippen LogP contribution in [0.4, 0.5) is 0 Å². The summed E-state index contributed by atoms with van der Waals surface area (Å²) in [7, 11) is 3.99. The molecule has 0 unspecified atom stereocenters. The summed E-state index contributed by atoms with van der Waals surface area (Å²) in [5, 5.41) is 12.8. The van der Waals surface area contributed by atoms with Crippen LogP contribution in [0, 0.1) is 11.3 Å². The molecule has 0 saturated carbocycles. The maximum Gasteiger partial charge on any atom is 0.257 e. The van der Waals surface area contributed by atoms with Crippen LogP contribution in [0.15, 0.2) is 28.8 Å². The molecule has 0 radical (unpaired) electrons. The molecule has 0 amide bonds. The van der Waals surface area contributed by atoms with Crippen molar-refractivity contribution in [2.45, 2.75) is 6.42 Å². The number of aromatic nitrogens is 2. The lowest BCUT2D eigenvalue weighted by Crippen LogP contribution is -2.15. The second-order valence-corrected chi connectivity index (χ2v) is 4.26. The molecule has 5 heteroatoms. The van der Waals surface area contributed by atoms with Crippen LogP contribution in [0.3, 0.4) is 0 Å². The minimum Gasteiger partial charge on any atom is -0.334 e. The zero-order valence-corrected chi connectivity index (χ0v) is 10.4. The van der Waals surface area contributed by atoms with Crippen LogP contribution in [0.1, 0.15) is 11.4 Å². The summed E-state index contributed by atoms with van der Waals surface area (Å²) >= 11 is 0. The van der Waals surface area contributed by atoms with Crippen LogP contribution in [-0.2, 0) is 6.42 Å². The van der Waals surface area contributed by atoms with Crippen LogP contribution < -0.4 is 0 Å². The van der Waals surface area contributed by atoms with Crippen LogP contribution >= 0.6 is 0 Å². The van der Waals surface area contributed by atoms with E-state index in [2.05, 4.69) is 21.1 Å². The SMILES string of the molecule is CN(C)CCc1noc(-c2cccc(C#N)c2)n1. The van der Waals surface area contributed by atoms with Gasteiger partial charge in [0.1, 0.15) is 0 Å². The van der Waals surface area contributed by atoms with Gasteiger partial charge in [0.15, 0.2) is 5.82 Å². The summed E-state index contributed by atoms with van der Waals surface area (Å²) in [5.74, 6) is 1.14. The fraction of sp³-hybridized carbons (Fsp3) is 0.308. The number of likely N-dealkylation sites (N-methyl/N-ethyl adjacent to an activating group) is 1. The summed E-state index contributed by atoms with van der Waals surface area (Å²) in [4.78, 5) is 6.38. The molecule has 1 aromatic heterocycles. The Kier molecular flexibility index (Phi) is 3.70. The molecule has 0 atom stereocenters. The van der Waals surface area contributed by atoms with Crippen molar-refractivity contribution in [2.24, 2.45) is 0 Å². The largest absolute Gasteiger partial charge is 0.334 e. The maximum absolute atomic E-state index is 8.84. The fourth-order valence-electron chi connectivity index (χ4n) is 1.52. The predicted molar refractivity (Wildman–Crippen MR) is 66.7 cm³/mol. The van der Waals surface area contributed by atoms with Crippen molar-refractivity contribution in [1.82, 2.24) is 15.0 Å². The fourth-order valence-corrected chi connectivity index (χ4v) is 1.52. The number of nitriles is 1. The lowest BCUT2D eigenvalue weighted by molar-refractivity contribution is 0.392. The van der Waals surface area contributed by atoms with Gasteiger partial charge in [0, 0.05) is 18.5 Å². The average molecular weight is 242 g/mol. The van der Waals surface area contributed by atoms with Crippen molar-refractivity contribution in [1.29, 1.82) is 5.26 Å². The Balaban J connectivity index is 2.16. The van der Waals surface area contributed by atoms with Crippen molar-refractivity contribution >= 4 is 0 Å². The molecule has 0 fully saturated rings. The number of rotatable bonds is 4. The molecule has 0 saturated heterocycles. The van der Waals surface area contributed by atoms with Gasteiger partial charge in [-0.3, -0.25) is 0 Å². The van der Waals surface area contributed by atoms with E-state index in [0.29, 0.717) is 17.3 Å². The first-order valence-corrected chi connectivity index (χ1v) is 5.67. The van der Waals surface area contributed by atoms with Gasteiger partial charge in [0.05, 0.1) is 11.6 Å². The van der Waals surface area contributed by atoms with Gasteiger partial charge in [-0.2, -0.15) is 10.2 Å². The molecule has 1 heterocycles. The van der Waals surface area contributed by atoms with E-state index >= 15 is 0 Å². The van der Waals surface area contributed by atoms with Gasteiger partial charge in [0.2, 0.25) is 0 Å². The molecule has 92 valence electrons. The molecule has 0 aliphatic heterocycles. The van der Waals surface area contributed by atoms with Crippen molar-refractivity contribution < 1.29 is 4.52 Å². The van der Waals surface area contributed by atoms with Crippen LogP contribution in [0.5, 0.6) is 0 Å². The van der Waals surface area contributed by atoms with Crippen LogP contribution in [0.25, 0.3) is 11.5 Å². The first-order chi connectivity index (χ1) is 8.69. The van der Waals surface area contributed by atoms with Gasteiger partial charge in [0.25, 0.3) is 5.89 Å². The lowest BCUT2D eigenvalue weighted by atomic mass is 10.1. The van der Waals surface area contributed by atoms with E-state index in [1.807, 2.05) is 20.2 Å². The Morgan fingerprint density at radius 2 is 2.22 bits per heavy atom. The van der Waals surface area contributed by atoms with Crippen molar-refractivity contribution in [2.75, 3.05) is 20.6 Å². The summed E-state index contributed by atoms with van der Waals surface area (Å²) in [6.07, 6.45) is 0.744. The van der Waals surface area contributed by atoms with Crippen molar-refractivity contribution in [3.05, 3.63) is 35.7 Å². The zero-order chi connectivity index (χ0) is 13.0. The summed E-state index contributed by atoms with van der Waals surface area (Å²) in [6.45, 7) is 0.872. The van der Waals surface area contributed by atoms with Crippen LogP contribution in [0.2, 0.25) is 0 Å². The number of hydrogen-bond donors (Lipinski definition) is 0. The van der Waals surface area contributed by atoms with Gasteiger partial charge >= 0.3 is 0 Å². The highest BCUT2D eigenvalue weighted by atomic mass is 16.5. The highest BCUT2D eigenvalue weighted by Crippen LogP contribution is 2.18. The molecular weight excluding hydrogens is 228 g/mol. The minimum absolute atomic E-state index is 0.459. The monoisotopic (exact) mass is 242 g/mol. The lowest BCUT2D eigenvalue weighted by Gasteiger charge is -2.05. The third-order valence-electron chi connectivity index (χ3n) is 2.49. The molecule has 18 heavy (non-hydrogen) atoms. The van der Waals surface area contributed by atoms with Crippen LogP contribution in [-0.4, -0.2) is 35.7 Å². The standard InChI is InChI=1S/C13H14N4O/c1-17(2)7-6-12-15-13(18-16-12)11-5-3-4-10(8-11)9-14/h3-5,8H,6-7H2,1-2H3. The molecule has 5 nitrogen and oxygen atoms in total. The van der Waals surface area contributed by atoms with Crippen molar-refractivity contribution in [3.63, 3.8) is 0 Å². The van der Waals surface area contributed by atoms with E-state index in [0.717, 1.165) is 18.5 Å². The first kappa shape index (κ1) is 12.3. The number of nitrogens with zero attached hydrogens (tertiary/aromatic N) is 4. The molecular formula is C13H14N4O. The van der Waals surface area contributed by atoms with E-state index in [9.17, 15) is 0 Å². The minimum atomic E-state index is 0.459. The second-order valence-electron chi connectivity index (χ2n) is 4.26. The van der Waals surface area contributed by atoms with E-state index in [-0.39, 0.29) is 0 Å². The van der Waals surface area contributed by atoms with Gasteiger partial charge in [-0.25, -0.2) is 0 Å². The van der Waals surface area contributed by atoms with Crippen molar-refractivity contribution in [3.8, 4) is 17.5 Å². The zero-order valence-electron chi connectivity index (χ0n) is 10.4. The summed E-state index contributed by atoms with van der Waals surface area (Å²) < 4.78 is 5.19. The highest BCUT2D eigenvalue weighted by Gasteiger charge is 2.09. The molecule has 0 spiro atoms. The first-order valence-electron chi connectivity index (χ1n) is 5.67. The molecule has 0 bridgehead atoms. The normalized spacial score (nSPS) is 10.6. The van der Waals surface area contributed by atoms with Gasteiger partial charge < -0.3 is 9.42 Å². The molecule has 0 N–H and O–H groups in total. The maximum atomic E-state index is 8.84. The third kappa shape index (κ3) is 2.93. The number of benzene rings is 1. The van der Waals surface area contributed by atoms with E-state index in [1.54, 1.807) is 18.2 Å². The third-order valence-corrected chi connectivity index (χ3v) is 2.49. The quantitative estimate of drug-likeness (QED) is 0.816. The summed E-state index contributed by atoms with van der Waals surface area (Å²) in [5.41, 5.74) is 1.36. The number of hydrogen-bond acceptors (Lipinski definition) is 5. The van der Waals surface area contributed by atoms with Gasteiger partial charge in [-0.05, 0) is 32.3 Å². The Morgan fingerprint density at radius 1 is 1.39 bits per heavy atom. The topological polar surface area (TPSA) is 66.0 Å². The van der Waals surface area contributed by atoms with Gasteiger partial charge in [-0.1, -0.05) is 11.2 Å². The molecule has 2 aromatic rings. The van der Waals surface area contributed by atoms with Gasteiger partial charge in [-0.15, -0.1) is 0 Å². The molecule has 0 aliphatic rings. The van der Waals surface area contributed by atoms with E-state index in [1.165, 1.54) is 0 Å². The smallest absolute Gasteiger partial charge is 0.257 e. The second kappa shape index (κ2) is 5.43. The molecule has 2 rings (SSSR count). The Labute approximate surface area is 106 Å². The Morgan fingerprint density at radius 3 is 2.94 bits per heavy atom. The highest BCUT2D eigenvalue weighted by molar-refractivity contribution is 5.55. The Hall–Kier alpha value is -2.19. The average Bonchev–Trinajstić information content (AvgIpc) is 2.85. The summed E-state index contributed by atoms with van der Waals surface area (Å²) in [6, 6.07) is 9.22.